The van der Waals surface area contributed by atoms with E-state index in [2.05, 4.69) is 29.6 Å². The van der Waals surface area contributed by atoms with Gasteiger partial charge in [-0.3, -0.25) is 0 Å². The van der Waals surface area contributed by atoms with E-state index in [0.29, 0.717) is 12.0 Å². The average molecular weight is 377 g/mol. The quantitative estimate of drug-likeness (QED) is 0.683. The molecule has 0 saturated heterocycles. The van der Waals surface area contributed by atoms with Gasteiger partial charge >= 0.3 is 6.09 Å². The van der Waals surface area contributed by atoms with Gasteiger partial charge in [-0.05, 0) is 40.3 Å². The summed E-state index contributed by atoms with van der Waals surface area (Å²) < 4.78 is 19.1. The molecule has 28 heavy (non-hydrogen) atoms. The van der Waals surface area contributed by atoms with Crippen molar-refractivity contribution < 1.29 is 19.0 Å². The lowest BCUT2D eigenvalue weighted by molar-refractivity contribution is 0.143. The van der Waals surface area contributed by atoms with Crippen molar-refractivity contribution in [3.63, 3.8) is 0 Å². The van der Waals surface area contributed by atoms with E-state index in [-0.39, 0.29) is 24.8 Å². The normalized spacial score (nSPS) is 12.3. The molecule has 0 radical (unpaired) electrons. The summed E-state index contributed by atoms with van der Waals surface area (Å²) in [6.07, 6.45) is -0.211. The van der Waals surface area contributed by atoms with Crippen LogP contribution in [-0.2, 0) is 11.2 Å². The van der Waals surface area contributed by atoms with Crippen molar-refractivity contribution in [2.75, 3.05) is 13.2 Å². The molecule has 1 aliphatic carbocycles. The van der Waals surface area contributed by atoms with Gasteiger partial charge < -0.3 is 15.2 Å². The smallest absolute Gasteiger partial charge is 0.407 e. The van der Waals surface area contributed by atoms with Gasteiger partial charge in [0.15, 0.2) is 0 Å². The van der Waals surface area contributed by atoms with Crippen LogP contribution in [0.25, 0.3) is 11.1 Å². The number of carbonyl (C=O) groups excluding carboxylic acids is 1. The molecule has 0 fully saturated rings. The lowest BCUT2D eigenvalue weighted by Gasteiger charge is -2.14. The lowest BCUT2D eigenvalue weighted by Crippen LogP contribution is -2.28. The van der Waals surface area contributed by atoms with Crippen LogP contribution in [0.4, 0.5) is 9.18 Å². The van der Waals surface area contributed by atoms with Crippen LogP contribution in [0.3, 0.4) is 0 Å². The van der Waals surface area contributed by atoms with E-state index in [9.17, 15) is 14.3 Å². The predicted octanol–water partition coefficient (Wildman–Crippen LogP) is 4.61. The maximum atomic E-state index is 13.7. The van der Waals surface area contributed by atoms with Crippen molar-refractivity contribution in [1.29, 1.82) is 0 Å². The van der Waals surface area contributed by atoms with Crippen molar-refractivity contribution in [1.82, 2.24) is 5.32 Å². The van der Waals surface area contributed by atoms with Gasteiger partial charge in [-0.25, -0.2) is 9.18 Å². The van der Waals surface area contributed by atoms with E-state index >= 15 is 0 Å². The number of benzene rings is 3. The highest BCUT2D eigenvalue weighted by molar-refractivity contribution is 5.79. The molecule has 1 aliphatic rings. The van der Waals surface area contributed by atoms with Gasteiger partial charge in [-0.15, -0.1) is 0 Å². The Morgan fingerprint density at radius 3 is 2.29 bits per heavy atom. The zero-order chi connectivity index (χ0) is 19.5. The number of hydrogen-bond donors (Lipinski definition) is 2. The van der Waals surface area contributed by atoms with Crippen LogP contribution in [0.2, 0.25) is 0 Å². The molecule has 4 nitrogen and oxygen atoms in total. The van der Waals surface area contributed by atoms with Gasteiger partial charge in [0.05, 0.1) is 0 Å². The first kappa shape index (κ1) is 18.0. The number of halogens is 1. The van der Waals surface area contributed by atoms with Crippen LogP contribution in [-0.4, -0.2) is 24.4 Å². The minimum Gasteiger partial charge on any atom is -0.508 e. The van der Waals surface area contributed by atoms with Gasteiger partial charge in [-0.1, -0.05) is 54.6 Å². The van der Waals surface area contributed by atoms with Crippen molar-refractivity contribution >= 4 is 6.09 Å². The summed E-state index contributed by atoms with van der Waals surface area (Å²) in [5.74, 6) is -0.604. The Labute approximate surface area is 162 Å². The van der Waals surface area contributed by atoms with E-state index in [0.717, 1.165) is 17.2 Å². The monoisotopic (exact) mass is 377 g/mol. The molecular weight excluding hydrogens is 357 g/mol. The standard InChI is InChI=1S/C23H20FNO3/c24-22-13-16(26)10-9-15(22)11-12-25-23(27)28-14-21-19-7-3-1-5-17(19)18-6-2-4-8-20(18)21/h1-10,13,21,26H,11-12,14H2,(H,25,27). The zero-order valence-electron chi connectivity index (χ0n) is 15.2. The van der Waals surface area contributed by atoms with Crippen LogP contribution < -0.4 is 5.32 Å². The van der Waals surface area contributed by atoms with Crippen LogP contribution in [0.15, 0.2) is 66.7 Å². The van der Waals surface area contributed by atoms with Crippen molar-refractivity contribution in [2.24, 2.45) is 0 Å². The molecule has 5 heteroatoms. The maximum absolute atomic E-state index is 13.7. The lowest BCUT2D eigenvalue weighted by atomic mass is 9.98. The van der Waals surface area contributed by atoms with Crippen LogP contribution in [0.1, 0.15) is 22.6 Å². The Kier molecular flexibility index (Phi) is 4.98. The fraction of sp³-hybridized carbons (Fsp3) is 0.174. The second kappa shape index (κ2) is 7.72. The Morgan fingerprint density at radius 2 is 1.64 bits per heavy atom. The maximum Gasteiger partial charge on any atom is 0.407 e. The number of phenolic OH excluding ortho intramolecular Hbond substituents is 1. The van der Waals surface area contributed by atoms with E-state index in [4.69, 9.17) is 4.74 Å². The van der Waals surface area contributed by atoms with E-state index in [1.807, 2.05) is 24.3 Å². The third-order valence-electron chi connectivity index (χ3n) is 5.04. The van der Waals surface area contributed by atoms with E-state index in [1.165, 1.54) is 23.3 Å². The number of phenols is 1. The molecule has 0 saturated carbocycles. The fourth-order valence-corrected chi connectivity index (χ4v) is 3.69. The zero-order valence-corrected chi connectivity index (χ0v) is 15.2. The number of carbonyl (C=O) groups is 1. The van der Waals surface area contributed by atoms with Crippen LogP contribution in [0, 0.1) is 5.82 Å². The first-order valence-corrected chi connectivity index (χ1v) is 9.19. The minimum atomic E-state index is -0.527. The predicted molar refractivity (Wildman–Crippen MR) is 105 cm³/mol. The highest BCUT2D eigenvalue weighted by atomic mass is 19.1. The number of alkyl carbamates (subject to hydrolysis) is 1. The van der Waals surface area contributed by atoms with E-state index in [1.54, 1.807) is 0 Å². The summed E-state index contributed by atoms with van der Waals surface area (Å²) in [6.45, 7) is 0.492. The SMILES string of the molecule is O=C(NCCc1ccc(O)cc1F)OCC1c2ccccc2-c2ccccc21. The van der Waals surface area contributed by atoms with Gasteiger partial charge in [0.25, 0.3) is 0 Å². The van der Waals surface area contributed by atoms with Crippen molar-refractivity contribution in [3.8, 4) is 16.9 Å². The molecule has 2 N–H and O–H groups in total. The third kappa shape index (κ3) is 3.56. The molecule has 0 heterocycles. The number of fused-ring (bicyclic) bond motifs is 3. The summed E-state index contributed by atoms with van der Waals surface area (Å²) in [5.41, 5.74) is 5.09. The molecule has 0 aromatic heterocycles. The number of nitrogens with one attached hydrogen (secondary N) is 1. The summed E-state index contributed by atoms with van der Waals surface area (Å²) in [7, 11) is 0. The van der Waals surface area contributed by atoms with Crippen LogP contribution in [0.5, 0.6) is 5.75 Å². The molecule has 142 valence electrons. The van der Waals surface area contributed by atoms with Gasteiger partial charge in [0, 0.05) is 18.5 Å². The first-order valence-electron chi connectivity index (χ1n) is 9.19. The number of rotatable bonds is 5. The molecule has 0 spiro atoms. The van der Waals surface area contributed by atoms with Gasteiger partial charge in [0.2, 0.25) is 0 Å². The van der Waals surface area contributed by atoms with Gasteiger partial charge in [-0.2, -0.15) is 0 Å². The summed E-state index contributed by atoms with van der Waals surface area (Å²) in [6, 6.07) is 20.3. The Bertz CT molecular complexity index is 973. The molecule has 0 bridgehead atoms. The Hall–Kier alpha value is -3.34. The number of hydrogen-bond acceptors (Lipinski definition) is 3. The molecule has 0 atom stereocenters. The molecule has 3 aromatic carbocycles. The molecule has 4 rings (SSSR count). The topological polar surface area (TPSA) is 58.6 Å². The second-order valence-corrected chi connectivity index (χ2v) is 6.78. The number of ether oxygens (including phenoxy) is 1. The third-order valence-corrected chi connectivity index (χ3v) is 5.04. The minimum absolute atomic E-state index is 0.00712. The van der Waals surface area contributed by atoms with Crippen molar-refractivity contribution in [2.45, 2.75) is 12.3 Å². The summed E-state index contributed by atoms with van der Waals surface area (Å²) in [4.78, 5) is 12.1. The van der Waals surface area contributed by atoms with Crippen molar-refractivity contribution in [3.05, 3.63) is 89.2 Å². The van der Waals surface area contributed by atoms with Crippen LogP contribution >= 0.6 is 0 Å². The molecule has 1 amide bonds. The van der Waals surface area contributed by atoms with E-state index < -0.39 is 11.9 Å². The summed E-state index contributed by atoms with van der Waals surface area (Å²) >= 11 is 0. The first-order chi connectivity index (χ1) is 13.6. The fourth-order valence-electron chi connectivity index (χ4n) is 3.69. The molecule has 3 aromatic rings. The molecular formula is C23H20FNO3. The average Bonchev–Trinajstić information content (AvgIpc) is 3.02. The number of aromatic hydroxyl groups is 1. The Morgan fingerprint density at radius 1 is 1.00 bits per heavy atom. The second-order valence-electron chi connectivity index (χ2n) is 6.78. The van der Waals surface area contributed by atoms with Gasteiger partial charge in [0.1, 0.15) is 18.2 Å². The Balaban J connectivity index is 1.35. The molecule has 0 unspecified atom stereocenters. The molecule has 0 aliphatic heterocycles. The number of amides is 1. The highest BCUT2D eigenvalue weighted by Gasteiger charge is 2.28. The largest absolute Gasteiger partial charge is 0.508 e. The summed E-state index contributed by atoms with van der Waals surface area (Å²) in [5, 5.41) is 11.9. The highest BCUT2D eigenvalue weighted by Crippen LogP contribution is 2.44.